The summed E-state index contributed by atoms with van der Waals surface area (Å²) in [4.78, 5) is 26.0. The molecular formula is C18H16F3N3O2. The summed E-state index contributed by atoms with van der Waals surface area (Å²) in [6.45, 7) is 0.480. The van der Waals surface area contributed by atoms with Crippen molar-refractivity contribution in [2.75, 3.05) is 16.8 Å². The van der Waals surface area contributed by atoms with Crippen LogP contribution in [0.25, 0.3) is 0 Å². The second kappa shape index (κ2) is 7.07. The van der Waals surface area contributed by atoms with E-state index in [1.54, 1.807) is 4.90 Å². The van der Waals surface area contributed by atoms with E-state index in [-0.39, 0.29) is 11.6 Å². The second-order valence-electron chi connectivity index (χ2n) is 5.84. The summed E-state index contributed by atoms with van der Waals surface area (Å²) in [5, 5.41) is 4.99. The van der Waals surface area contributed by atoms with Crippen LogP contribution in [0, 0.1) is 0 Å². The van der Waals surface area contributed by atoms with Crippen molar-refractivity contribution in [1.29, 1.82) is 0 Å². The maximum atomic E-state index is 12.5. The van der Waals surface area contributed by atoms with Crippen molar-refractivity contribution in [2.45, 2.75) is 18.6 Å². The minimum absolute atomic E-state index is 0.209. The Bertz CT molecular complexity index is 792. The molecule has 0 radical (unpaired) electrons. The molecule has 1 heterocycles. The number of hydrogen-bond donors (Lipinski definition) is 2. The van der Waals surface area contributed by atoms with Gasteiger partial charge in [-0.25, -0.2) is 4.79 Å². The average Bonchev–Trinajstić information content (AvgIpc) is 2.96. The Morgan fingerprint density at radius 3 is 2.31 bits per heavy atom. The fourth-order valence-corrected chi connectivity index (χ4v) is 2.75. The van der Waals surface area contributed by atoms with Crippen molar-refractivity contribution in [1.82, 2.24) is 5.32 Å². The van der Waals surface area contributed by atoms with Crippen LogP contribution in [0.1, 0.15) is 12.0 Å². The normalized spacial score (nSPS) is 17.3. The van der Waals surface area contributed by atoms with Gasteiger partial charge in [0, 0.05) is 17.9 Å². The molecule has 0 spiro atoms. The highest BCUT2D eigenvalue weighted by Gasteiger charge is 2.33. The molecule has 0 saturated carbocycles. The van der Waals surface area contributed by atoms with Gasteiger partial charge in [0.1, 0.15) is 6.04 Å². The van der Waals surface area contributed by atoms with Crippen LogP contribution in [0.15, 0.2) is 54.6 Å². The third-order valence-corrected chi connectivity index (χ3v) is 4.05. The van der Waals surface area contributed by atoms with Gasteiger partial charge < -0.3 is 15.5 Å². The van der Waals surface area contributed by atoms with Gasteiger partial charge in [0.15, 0.2) is 0 Å². The van der Waals surface area contributed by atoms with Crippen LogP contribution in [-0.2, 0) is 11.0 Å². The third kappa shape index (κ3) is 3.96. The lowest BCUT2D eigenvalue weighted by Crippen LogP contribution is -2.43. The van der Waals surface area contributed by atoms with Crippen molar-refractivity contribution in [2.24, 2.45) is 0 Å². The number of hydrogen-bond acceptors (Lipinski definition) is 2. The number of carbonyl (C=O) groups excluding carboxylic acids is 2. The number of benzene rings is 2. The van der Waals surface area contributed by atoms with Gasteiger partial charge >= 0.3 is 12.2 Å². The van der Waals surface area contributed by atoms with Crippen LogP contribution in [0.2, 0.25) is 0 Å². The summed E-state index contributed by atoms with van der Waals surface area (Å²) < 4.78 is 37.6. The van der Waals surface area contributed by atoms with E-state index < -0.39 is 23.8 Å². The topological polar surface area (TPSA) is 61.4 Å². The van der Waals surface area contributed by atoms with E-state index in [4.69, 9.17) is 0 Å². The van der Waals surface area contributed by atoms with Gasteiger partial charge in [0.2, 0.25) is 5.91 Å². The molecule has 26 heavy (non-hydrogen) atoms. The highest BCUT2D eigenvalue weighted by molar-refractivity contribution is 6.02. The number of urea groups is 1. The zero-order valence-corrected chi connectivity index (χ0v) is 13.6. The number of nitrogens with zero attached hydrogens (tertiary/aromatic N) is 1. The van der Waals surface area contributed by atoms with E-state index in [2.05, 4.69) is 10.6 Å². The standard InChI is InChI=1S/C18H16F3N3O2/c19-18(20,21)12-6-8-13(9-7-12)22-17(26)23-15-10-11-24(16(15)25)14-4-2-1-3-5-14/h1-9,15H,10-11H2,(H2,22,23,26)/t15-/m0/s1. The van der Waals surface area contributed by atoms with Gasteiger partial charge in [-0.05, 0) is 42.8 Å². The smallest absolute Gasteiger partial charge is 0.326 e. The molecule has 8 heteroatoms. The monoisotopic (exact) mass is 363 g/mol. The van der Waals surface area contributed by atoms with Gasteiger partial charge in [0.25, 0.3) is 0 Å². The van der Waals surface area contributed by atoms with Crippen LogP contribution in [0.3, 0.4) is 0 Å². The predicted molar refractivity (Wildman–Crippen MR) is 90.8 cm³/mol. The van der Waals surface area contributed by atoms with E-state index >= 15 is 0 Å². The number of para-hydroxylation sites is 1. The van der Waals surface area contributed by atoms with Crippen LogP contribution < -0.4 is 15.5 Å². The lowest BCUT2D eigenvalue weighted by molar-refractivity contribution is -0.137. The molecule has 0 unspecified atom stereocenters. The molecule has 2 aromatic carbocycles. The summed E-state index contributed by atoms with van der Waals surface area (Å²) in [6, 6.07) is 11.9. The first kappa shape index (κ1) is 17.8. The number of anilines is 2. The van der Waals surface area contributed by atoms with Crippen molar-refractivity contribution in [3.8, 4) is 0 Å². The van der Waals surface area contributed by atoms with Crippen LogP contribution >= 0.6 is 0 Å². The van der Waals surface area contributed by atoms with Crippen molar-refractivity contribution in [3.05, 3.63) is 60.2 Å². The van der Waals surface area contributed by atoms with Crippen LogP contribution in [0.4, 0.5) is 29.3 Å². The molecule has 0 aliphatic carbocycles. The Morgan fingerprint density at radius 2 is 1.69 bits per heavy atom. The predicted octanol–water partition coefficient (Wildman–Crippen LogP) is 3.63. The molecule has 5 nitrogen and oxygen atoms in total. The minimum atomic E-state index is -4.43. The van der Waals surface area contributed by atoms with Crippen molar-refractivity contribution < 1.29 is 22.8 Å². The van der Waals surface area contributed by atoms with Crippen molar-refractivity contribution >= 4 is 23.3 Å². The Hall–Kier alpha value is -3.03. The first-order valence-corrected chi connectivity index (χ1v) is 7.96. The minimum Gasteiger partial charge on any atom is -0.326 e. The number of alkyl halides is 3. The first-order chi connectivity index (χ1) is 12.3. The number of amides is 3. The molecule has 1 aliphatic heterocycles. The first-order valence-electron chi connectivity index (χ1n) is 7.96. The molecular weight excluding hydrogens is 347 g/mol. The molecule has 2 aromatic rings. The third-order valence-electron chi connectivity index (χ3n) is 4.05. The van der Waals surface area contributed by atoms with E-state index in [0.29, 0.717) is 13.0 Å². The van der Waals surface area contributed by atoms with Gasteiger partial charge in [-0.3, -0.25) is 4.79 Å². The number of nitrogens with one attached hydrogen (secondary N) is 2. The van der Waals surface area contributed by atoms with Gasteiger partial charge in [-0.15, -0.1) is 0 Å². The number of halogens is 3. The van der Waals surface area contributed by atoms with E-state index in [1.807, 2.05) is 30.3 Å². The van der Waals surface area contributed by atoms with E-state index in [9.17, 15) is 22.8 Å². The molecule has 2 N–H and O–H groups in total. The van der Waals surface area contributed by atoms with Crippen LogP contribution in [-0.4, -0.2) is 24.5 Å². The highest BCUT2D eigenvalue weighted by atomic mass is 19.4. The summed E-state index contributed by atoms with van der Waals surface area (Å²) in [5.41, 5.74) is 0.166. The molecule has 0 bridgehead atoms. The van der Waals surface area contributed by atoms with Crippen LogP contribution in [0.5, 0.6) is 0 Å². The van der Waals surface area contributed by atoms with Crippen molar-refractivity contribution in [3.63, 3.8) is 0 Å². The molecule has 0 aromatic heterocycles. The molecule has 3 rings (SSSR count). The molecule has 1 fully saturated rings. The maximum Gasteiger partial charge on any atom is 0.416 e. The number of carbonyl (C=O) groups is 2. The van der Waals surface area contributed by atoms with Gasteiger partial charge in [-0.1, -0.05) is 18.2 Å². The lowest BCUT2D eigenvalue weighted by atomic mass is 10.2. The highest BCUT2D eigenvalue weighted by Crippen LogP contribution is 2.29. The Morgan fingerprint density at radius 1 is 1.04 bits per heavy atom. The fraction of sp³-hybridized carbons (Fsp3) is 0.222. The fourth-order valence-electron chi connectivity index (χ4n) is 2.75. The summed E-state index contributed by atoms with van der Waals surface area (Å²) >= 11 is 0. The van der Waals surface area contributed by atoms with E-state index in [1.165, 1.54) is 0 Å². The van der Waals surface area contributed by atoms with Gasteiger partial charge in [-0.2, -0.15) is 13.2 Å². The Balaban J connectivity index is 1.58. The second-order valence-corrected chi connectivity index (χ2v) is 5.84. The lowest BCUT2D eigenvalue weighted by Gasteiger charge is -2.17. The number of rotatable bonds is 3. The molecule has 136 valence electrons. The summed E-state index contributed by atoms with van der Waals surface area (Å²) in [7, 11) is 0. The Labute approximate surface area is 147 Å². The molecule has 1 saturated heterocycles. The summed E-state index contributed by atoms with van der Waals surface area (Å²) in [6.07, 6.45) is -3.98. The zero-order valence-electron chi connectivity index (χ0n) is 13.6. The Kier molecular flexibility index (Phi) is 4.83. The quantitative estimate of drug-likeness (QED) is 0.875. The van der Waals surface area contributed by atoms with E-state index in [0.717, 1.165) is 30.0 Å². The zero-order chi connectivity index (χ0) is 18.7. The largest absolute Gasteiger partial charge is 0.416 e. The maximum absolute atomic E-state index is 12.5. The molecule has 3 amide bonds. The molecule has 1 atom stereocenters. The average molecular weight is 363 g/mol. The molecule has 1 aliphatic rings. The summed E-state index contributed by atoms with van der Waals surface area (Å²) in [5.74, 6) is -0.223. The van der Waals surface area contributed by atoms with Gasteiger partial charge in [0.05, 0.1) is 5.56 Å². The SMILES string of the molecule is O=C(Nc1ccc(C(F)(F)F)cc1)N[C@H]1CCN(c2ccccc2)C1=O.